The van der Waals surface area contributed by atoms with Crippen LogP contribution in [0.1, 0.15) is 47.8 Å². The van der Waals surface area contributed by atoms with E-state index >= 15 is 0 Å². The second-order valence-electron chi connectivity index (χ2n) is 6.38. The zero-order valence-corrected chi connectivity index (χ0v) is 14.5. The Balaban J connectivity index is 1.52. The minimum absolute atomic E-state index is 0.0634. The molecule has 0 saturated carbocycles. The van der Waals surface area contributed by atoms with Crippen molar-refractivity contribution in [1.29, 1.82) is 0 Å². The highest BCUT2D eigenvalue weighted by atomic mass is 16.5. The quantitative estimate of drug-likeness (QED) is 0.840. The Kier molecular flexibility index (Phi) is 5.23. The number of hydrogen-bond acceptors (Lipinski definition) is 6. The molecule has 1 aromatic carbocycles. The van der Waals surface area contributed by atoms with Crippen molar-refractivity contribution in [3.05, 3.63) is 41.5 Å². The lowest BCUT2D eigenvalue weighted by molar-refractivity contribution is -0.117. The van der Waals surface area contributed by atoms with Crippen molar-refractivity contribution in [1.82, 2.24) is 15.0 Å². The summed E-state index contributed by atoms with van der Waals surface area (Å²) in [4.78, 5) is 30.3. The zero-order chi connectivity index (χ0) is 17.8. The van der Waals surface area contributed by atoms with E-state index in [1.165, 1.54) is 6.92 Å². The van der Waals surface area contributed by atoms with Crippen molar-refractivity contribution in [2.45, 2.75) is 32.6 Å². The molecule has 132 valence electrons. The number of aryl methyl sites for hydroxylation is 1. The maximum absolute atomic E-state index is 12.3. The zero-order valence-electron chi connectivity index (χ0n) is 14.5. The summed E-state index contributed by atoms with van der Waals surface area (Å²) in [5.74, 6) is 1.43. The van der Waals surface area contributed by atoms with Gasteiger partial charge in [0.1, 0.15) is 0 Å². The largest absolute Gasteiger partial charge is 0.339 e. The van der Waals surface area contributed by atoms with E-state index in [-0.39, 0.29) is 17.6 Å². The minimum atomic E-state index is -0.110. The van der Waals surface area contributed by atoms with Gasteiger partial charge in [0, 0.05) is 11.5 Å². The number of nitrogens with one attached hydrogen (secondary N) is 1. The van der Waals surface area contributed by atoms with E-state index in [1.54, 1.807) is 24.3 Å². The Morgan fingerprint density at radius 3 is 2.64 bits per heavy atom. The van der Waals surface area contributed by atoms with Gasteiger partial charge in [0.15, 0.2) is 11.6 Å². The molecule has 1 aliphatic heterocycles. The van der Waals surface area contributed by atoms with Crippen LogP contribution in [0.5, 0.6) is 0 Å². The SMILES string of the molecule is CC(=O)c1ccccc1NC(=O)CN1CCC(c2nc(C)no2)CC1. The maximum Gasteiger partial charge on any atom is 0.238 e. The predicted octanol–water partition coefficient (Wildman–Crippen LogP) is 2.40. The number of hydrogen-bond donors (Lipinski definition) is 1. The van der Waals surface area contributed by atoms with E-state index in [0.29, 0.717) is 29.5 Å². The number of benzene rings is 1. The molecule has 2 heterocycles. The highest BCUT2D eigenvalue weighted by molar-refractivity contribution is 6.04. The molecule has 2 aromatic rings. The van der Waals surface area contributed by atoms with Gasteiger partial charge in [-0.3, -0.25) is 14.5 Å². The van der Waals surface area contributed by atoms with Crippen LogP contribution in [0.4, 0.5) is 5.69 Å². The molecule has 0 aliphatic carbocycles. The van der Waals surface area contributed by atoms with E-state index < -0.39 is 0 Å². The van der Waals surface area contributed by atoms with Gasteiger partial charge in [-0.15, -0.1) is 0 Å². The molecule has 0 radical (unpaired) electrons. The first kappa shape index (κ1) is 17.3. The number of nitrogens with zero attached hydrogens (tertiary/aromatic N) is 3. The number of piperidine rings is 1. The van der Waals surface area contributed by atoms with Gasteiger partial charge >= 0.3 is 0 Å². The molecule has 1 amide bonds. The highest BCUT2D eigenvalue weighted by Gasteiger charge is 2.25. The molecule has 0 bridgehead atoms. The second-order valence-corrected chi connectivity index (χ2v) is 6.38. The number of Topliss-reactive ketones (excluding diaryl/α,β-unsaturated/α-hetero) is 1. The number of para-hydroxylation sites is 1. The van der Waals surface area contributed by atoms with Gasteiger partial charge in [-0.1, -0.05) is 17.3 Å². The molecule has 7 heteroatoms. The van der Waals surface area contributed by atoms with Crippen molar-refractivity contribution >= 4 is 17.4 Å². The third-order valence-electron chi connectivity index (χ3n) is 4.43. The van der Waals surface area contributed by atoms with Gasteiger partial charge in [0.25, 0.3) is 0 Å². The van der Waals surface area contributed by atoms with Crippen LogP contribution in [0.2, 0.25) is 0 Å². The lowest BCUT2D eigenvalue weighted by atomic mass is 9.97. The van der Waals surface area contributed by atoms with Crippen LogP contribution >= 0.6 is 0 Å². The van der Waals surface area contributed by atoms with E-state index in [0.717, 1.165) is 25.9 Å². The summed E-state index contributed by atoms with van der Waals surface area (Å²) in [6.07, 6.45) is 1.78. The molecule has 0 atom stereocenters. The lowest BCUT2D eigenvalue weighted by Gasteiger charge is -2.29. The Labute approximate surface area is 146 Å². The van der Waals surface area contributed by atoms with Gasteiger partial charge in [-0.05, 0) is 51.9 Å². The third kappa shape index (κ3) is 4.30. The molecular formula is C18H22N4O3. The second kappa shape index (κ2) is 7.57. The maximum atomic E-state index is 12.3. The summed E-state index contributed by atoms with van der Waals surface area (Å²) in [5, 5.41) is 6.68. The van der Waals surface area contributed by atoms with Crippen LogP contribution in [0.3, 0.4) is 0 Å². The number of carbonyl (C=O) groups is 2. The molecule has 7 nitrogen and oxygen atoms in total. The van der Waals surface area contributed by atoms with Crippen molar-refractivity contribution in [2.75, 3.05) is 25.0 Å². The molecule has 0 spiro atoms. The van der Waals surface area contributed by atoms with Gasteiger partial charge in [0.05, 0.1) is 12.2 Å². The summed E-state index contributed by atoms with van der Waals surface area (Å²) < 4.78 is 5.24. The molecule has 1 N–H and O–H groups in total. The topological polar surface area (TPSA) is 88.3 Å². The van der Waals surface area contributed by atoms with Gasteiger partial charge in [0.2, 0.25) is 11.8 Å². The molecule has 1 fully saturated rings. The molecular weight excluding hydrogens is 320 g/mol. The number of amides is 1. The number of rotatable bonds is 5. The first-order valence-electron chi connectivity index (χ1n) is 8.45. The first-order valence-corrected chi connectivity index (χ1v) is 8.45. The Morgan fingerprint density at radius 2 is 2.00 bits per heavy atom. The van der Waals surface area contributed by atoms with E-state index in [1.807, 2.05) is 6.92 Å². The van der Waals surface area contributed by atoms with Crippen LogP contribution in [-0.2, 0) is 4.79 Å². The average Bonchev–Trinajstić information content (AvgIpc) is 3.02. The standard InChI is InChI=1S/C18H22N4O3/c1-12(23)15-5-3-4-6-16(15)20-17(24)11-22-9-7-14(8-10-22)18-19-13(2)21-25-18/h3-6,14H,7-11H2,1-2H3,(H,20,24). The Bertz CT molecular complexity index is 763. The van der Waals surface area contributed by atoms with Crippen molar-refractivity contribution < 1.29 is 14.1 Å². The summed E-state index contributed by atoms with van der Waals surface area (Å²) in [6.45, 7) is 5.21. The van der Waals surface area contributed by atoms with Crippen LogP contribution in [0.15, 0.2) is 28.8 Å². The average molecular weight is 342 g/mol. The number of likely N-dealkylation sites (tertiary alicyclic amines) is 1. The predicted molar refractivity (Wildman–Crippen MR) is 92.5 cm³/mol. The van der Waals surface area contributed by atoms with Crippen molar-refractivity contribution in [2.24, 2.45) is 0 Å². The monoisotopic (exact) mass is 342 g/mol. The summed E-state index contributed by atoms with van der Waals surface area (Å²) >= 11 is 0. The van der Waals surface area contributed by atoms with Gasteiger partial charge < -0.3 is 9.84 Å². The van der Waals surface area contributed by atoms with E-state index in [2.05, 4.69) is 20.4 Å². The molecule has 3 rings (SSSR count). The van der Waals surface area contributed by atoms with Crippen LogP contribution in [0.25, 0.3) is 0 Å². The first-order chi connectivity index (χ1) is 12.0. The fraction of sp³-hybridized carbons (Fsp3) is 0.444. The lowest BCUT2D eigenvalue weighted by Crippen LogP contribution is -2.38. The highest BCUT2D eigenvalue weighted by Crippen LogP contribution is 2.26. The van der Waals surface area contributed by atoms with E-state index in [4.69, 9.17) is 4.52 Å². The summed E-state index contributed by atoms with van der Waals surface area (Å²) in [6, 6.07) is 7.06. The van der Waals surface area contributed by atoms with Gasteiger partial charge in [-0.2, -0.15) is 4.98 Å². The Hall–Kier alpha value is -2.54. The molecule has 1 aromatic heterocycles. The molecule has 25 heavy (non-hydrogen) atoms. The summed E-state index contributed by atoms with van der Waals surface area (Å²) in [7, 11) is 0. The number of carbonyl (C=O) groups excluding carboxylic acids is 2. The van der Waals surface area contributed by atoms with E-state index in [9.17, 15) is 9.59 Å². The van der Waals surface area contributed by atoms with Gasteiger partial charge in [-0.25, -0.2) is 0 Å². The fourth-order valence-electron chi connectivity index (χ4n) is 3.11. The molecule has 1 aliphatic rings. The van der Waals surface area contributed by atoms with Crippen molar-refractivity contribution in [3.63, 3.8) is 0 Å². The molecule has 0 unspecified atom stereocenters. The Morgan fingerprint density at radius 1 is 1.28 bits per heavy atom. The fourth-order valence-corrected chi connectivity index (χ4v) is 3.11. The molecule has 1 saturated heterocycles. The van der Waals surface area contributed by atoms with Crippen LogP contribution < -0.4 is 5.32 Å². The number of ketones is 1. The summed E-state index contributed by atoms with van der Waals surface area (Å²) in [5.41, 5.74) is 1.09. The van der Waals surface area contributed by atoms with Crippen LogP contribution in [-0.4, -0.2) is 46.4 Å². The smallest absolute Gasteiger partial charge is 0.238 e. The number of aromatic nitrogens is 2. The third-order valence-corrected chi connectivity index (χ3v) is 4.43. The minimum Gasteiger partial charge on any atom is -0.339 e. The van der Waals surface area contributed by atoms with Crippen molar-refractivity contribution in [3.8, 4) is 0 Å². The normalized spacial score (nSPS) is 15.9. The number of anilines is 1. The van der Waals surface area contributed by atoms with Crippen LogP contribution in [0, 0.1) is 6.92 Å².